The summed E-state index contributed by atoms with van der Waals surface area (Å²) in [5.74, 6) is 0.428. The zero-order valence-electron chi connectivity index (χ0n) is 24.8. The topological polar surface area (TPSA) is 138 Å². The van der Waals surface area contributed by atoms with E-state index < -0.39 is 22.7 Å². The van der Waals surface area contributed by atoms with Crippen molar-refractivity contribution in [1.29, 1.82) is 0 Å². The number of hydrogen-bond acceptors (Lipinski definition) is 8. The first-order valence-electron chi connectivity index (χ1n) is 14.5. The highest BCUT2D eigenvalue weighted by atomic mass is 19.1. The Balaban J connectivity index is 1.29. The van der Waals surface area contributed by atoms with Gasteiger partial charge >= 0.3 is 0 Å². The van der Waals surface area contributed by atoms with Crippen molar-refractivity contribution in [1.82, 2.24) is 15.0 Å². The minimum absolute atomic E-state index is 0.00753. The van der Waals surface area contributed by atoms with Gasteiger partial charge < -0.3 is 20.3 Å². The summed E-state index contributed by atoms with van der Waals surface area (Å²) in [5.41, 5.74) is 6.72. The summed E-state index contributed by atoms with van der Waals surface area (Å²) in [4.78, 5) is 39.2. The molecule has 0 unspecified atom stereocenters. The number of Topliss-reactive ketones (excluding diaryl/α,β-unsaturated/α-hetero) is 1. The average molecular weight is 597 g/mol. The largest absolute Gasteiger partial charge is 0.490 e. The highest BCUT2D eigenvalue weighted by molar-refractivity contribution is 5.97. The van der Waals surface area contributed by atoms with E-state index in [1.54, 1.807) is 56.6 Å². The molecule has 1 saturated carbocycles. The molecule has 1 aliphatic carbocycles. The second-order valence-electron chi connectivity index (χ2n) is 12.0. The highest BCUT2D eigenvalue weighted by Crippen LogP contribution is 2.46. The van der Waals surface area contributed by atoms with Gasteiger partial charge in [0, 0.05) is 46.6 Å². The number of aryl methyl sites for hydroxylation is 1. The quantitative estimate of drug-likeness (QED) is 0.238. The predicted octanol–water partition coefficient (Wildman–Crippen LogP) is 5.20. The van der Waals surface area contributed by atoms with Gasteiger partial charge in [-0.05, 0) is 82.5 Å². The molecule has 0 radical (unpaired) electrons. The molecule has 3 N–H and O–H groups in total. The van der Waals surface area contributed by atoms with Crippen LogP contribution in [0.15, 0.2) is 60.9 Å². The smallest absolute Gasteiger partial charge is 0.231 e. The molecule has 226 valence electrons. The molecule has 1 amide bonds. The van der Waals surface area contributed by atoms with E-state index in [2.05, 4.69) is 9.97 Å². The zero-order valence-corrected chi connectivity index (χ0v) is 24.8. The monoisotopic (exact) mass is 596 g/mol. The second-order valence-corrected chi connectivity index (χ2v) is 12.0. The van der Waals surface area contributed by atoms with E-state index in [9.17, 15) is 19.1 Å². The number of hydrogen-bond donors (Lipinski definition) is 2. The third kappa shape index (κ3) is 5.65. The summed E-state index contributed by atoms with van der Waals surface area (Å²) in [6, 6.07) is 12.6. The van der Waals surface area contributed by atoms with Crippen molar-refractivity contribution in [2.45, 2.75) is 63.6 Å². The van der Waals surface area contributed by atoms with E-state index in [-0.39, 0.29) is 37.0 Å². The number of fused-ring (bicyclic) bond motifs is 1. The van der Waals surface area contributed by atoms with Gasteiger partial charge in [0.25, 0.3) is 0 Å². The van der Waals surface area contributed by atoms with Gasteiger partial charge in [-0.15, -0.1) is 0 Å². The number of aliphatic hydroxyl groups is 1. The Labute approximate surface area is 254 Å². The van der Waals surface area contributed by atoms with Crippen LogP contribution in [0.4, 0.5) is 4.39 Å². The molecule has 44 heavy (non-hydrogen) atoms. The maximum Gasteiger partial charge on any atom is 0.231 e. The summed E-state index contributed by atoms with van der Waals surface area (Å²) in [6.07, 6.45) is 5.54. The van der Waals surface area contributed by atoms with E-state index in [1.165, 1.54) is 12.1 Å². The van der Waals surface area contributed by atoms with Crippen LogP contribution in [-0.2, 0) is 15.8 Å². The minimum atomic E-state index is -1.56. The number of aromatic nitrogens is 3. The zero-order chi connectivity index (χ0) is 31.2. The first-order valence-corrected chi connectivity index (χ1v) is 14.5. The molecule has 10 heteroatoms. The number of carbonyl (C=O) groups excluding carboxylic acids is 2. The Morgan fingerprint density at radius 2 is 1.82 bits per heavy atom. The molecule has 9 nitrogen and oxygen atoms in total. The summed E-state index contributed by atoms with van der Waals surface area (Å²) < 4.78 is 25.7. The van der Waals surface area contributed by atoms with Crippen molar-refractivity contribution in [3.05, 3.63) is 89.4 Å². The van der Waals surface area contributed by atoms with Crippen LogP contribution < -0.4 is 15.2 Å². The number of nitrogens with zero attached hydrogens (tertiary/aromatic N) is 3. The van der Waals surface area contributed by atoms with Crippen LogP contribution in [0, 0.1) is 12.7 Å². The lowest BCUT2D eigenvalue weighted by molar-refractivity contribution is -0.123. The summed E-state index contributed by atoms with van der Waals surface area (Å²) >= 11 is 0. The van der Waals surface area contributed by atoms with Gasteiger partial charge in [-0.1, -0.05) is 6.07 Å². The van der Waals surface area contributed by atoms with Gasteiger partial charge in [0.05, 0.1) is 11.8 Å². The molecule has 0 saturated heterocycles. The SMILES string of the molecule is Cc1ncc(-c2ccc(C(=O)CC[C@](C)(O)c3cc4c(c(-c5ccc(F)cc5)n3)OC[C@]4(C)C(N)=O)cc2OC2CC2)cn1. The molecule has 4 aromatic rings. The number of nitrogens with two attached hydrogens (primary N) is 1. The maximum absolute atomic E-state index is 13.7. The molecular weight excluding hydrogens is 563 g/mol. The summed E-state index contributed by atoms with van der Waals surface area (Å²) in [7, 11) is 0. The van der Waals surface area contributed by atoms with Crippen molar-refractivity contribution < 1.29 is 28.6 Å². The first-order chi connectivity index (χ1) is 20.9. The Morgan fingerprint density at radius 1 is 1.11 bits per heavy atom. The standard InChI is InChI=1S/C34H33FN4O5/c1-19-37-16-22(17-38-19)25-11-6-21(14-28(25)44-24-9-10-24)27(40)12-13-34(3,42)29-15-26-31(43-18-33(26,2)32(36)41)30(39-29)20-4-7-23(35)8-5-20/h4-8,11,14-17,24,42H,9-10,12-13,18H2,1-3H3,(H2,36,41)/t33-,34-/m0/s1. The van der Waals surface area contributed by atoms with Gasteiger partial charge in [-0.3, -0.25) is 9.59 Å². The molecule has 2 aromatic carbocycles. The predicted molar refractivity (Wildman–Crippen MR) is 161 cm³/mol. The maximum atomic E-state index is 13.7. The van der Waals surface area contributed by atoms with Crippen LogP contribution in [0.3, 0.4) is 0 Å². The number of benzene rings is 2. The molecule has 1 fully saturated rings. The van der Waals surface area contributed by atoms with E-state index in [0.29, 0.717) is 39.7 Å². The fourth-order valence-corrected chi connectivity index (χ4v) is 5.22. The average Bonchev–Trinajstić information content (AvgIpc) is 3.76. The van der Waals surface area contributed by atoms with Crippen LogP contribution in [0.1, 0.15) is 67.0 Å². The minimum Gasteiger partial charge on any atom is -0.490 e. The van der Waals surface area contributed by atoms with E-state index in [4.69, 9.17) is 20.2 Å². The van der Waals surface area contributed by atoms with E-state index in [1.807, 2.05) is 13.0 Å². The first kappa shape index (κ1) is 29.4. The lowest BCUT2D eigenvalue weighted by Gasteiger charge is -2.26. The van der Waals surface area contributed by atoms with Gasteiger partial charge in [0.1, 0.15) is 46.5 Å². The van der Waals surface area contributed by atoms with Gasteiger partial charge in [-0.25, -0.2) is 19.3 Å². The van der Waals surface area contributed by atoms with Gasteiger partial charge in [0.2, 0.25) is 5.91 Å². The van der Waals surface area contributed by atoms with Crippen LogP contribution in [0.5, 0.6) is 11.5 Å². The fraction of sp³-hybridized carbons (Fsp3) is 0.324. The Hall–Kier alpha value is -4.70. The molecule has 1 aliphatic heterocycles. The number of ketones is 1. The highest BCUT2D eigenvalue weighted by Gasteiger charge is 2.45. The number of pyridine rings is 1. The molecule has 0 bridgehead atoms. The molecular formula is C34H33FN4O5. The number of rotatable bonds is 10. The summed E-state index contributed by atoms with van der Waals surface area (Å²) in [5, 5.41) is 11.7. The van der Waals surface area contributed by atoms with Crippen LogP contribution in [0.2, 0.25) is 0 Å². The molecule has 2 aliphatic rings. The number of amides is 1. The molecule has 3 heterocycles. The van der Waals surface area contributed by atoms with Crippen molar-refractivity contribution >= 4 is 11.7 Å². The van der Waals surface area contributed by atoms with Crippen LogP contribution in [-0.4, -0.2) is 44.5 Å². The fourth-order valence-electron chi connectivity index (χ4n) is 5.22. The molecule has 2 atom stereocenters. The van der Waals surface area contributed by atoms with Crippen LogP contribution >= 0.6 is 0 Å². The van der Waals surface area contributed by atoms with Gasteiger partial charge in [-0.2, -0.15) is 0 Å². The lowest BCUT2D eigenvalue weighted by Crippen LogP contribution is -2.40. The number of carbonyl (C=O) groups is 2. The molecule has 6 rings (SSSR count). The third-order valence-corrected chi connectivity index (χ3v) is 8.34. The Bertz CT molecular complexity index is 1750. The summed E-state index contributed by atoms with van der Waals surface area (Å²) in [6.45, 7) is 5.07. The van der Waals surface area contributed by atoms with Crippen molar-refractivity contribution in [3.8, 4) is 33.9 Å². The third-order valence-electron chi connectivity index (χ3n) is 8.34. The second kappa shape index (κ2) is 11.1. The van der Waals surface area contributed by atoms with Crippen molar-refractivity contribution in [3.63, 3.8) is 0 Å². The molecule has 0 spiro atoms. The number of halogens is 1. The number of ether oxygens (including phenoxy) is 2. The van der Waals surface area contributed by atoms with Crippen LogP contribution in [0.25, 0.3) is 22.4 Å². The molecule has 2 aromatic heterocycles. The Kier molecular flexibility index (Phi) is 7.41. The van der Waals surface area contributed by atoms with Gasteiger partial charge in [0.15, 0.2) is 5.78 Å². The Morgan fingerprint density at radius 3 is 2.48 bits per heavy atom. The number of primary amides is 1. The van der Waals surface area contributed by atoms with E-state index in [0.717, 1.165) is 24.0 Å². The normalized spacial score (nSPS) is 18.7. The van der Waals surface area contributed by atoms with Crippen molar-refractivity contribution in [2.75, 3.05) is 6.61 Å². The lowest BCUT2D eigenvalue weighted by atomic mass is 9.81. The van der Waals surface area contributed by atoms with E-state index >= 15 is 0 Å². The van der Waals surface area contributed by atoms with Crippen molar-refractivity contribution in [2.24, 2.45) is 5.73 Å².